The summed E-state index contributed by atoms with van der Waals surface area (Å²) in [5.41, 5.74) is 10.4. The minimum absolute atomic E-state index is 0.155. The van der Waals surface area contributed by atoms with Crippen LogP contribution in [-0.4, -0.2) is 10.9 Å². The molecule has 0 amide bonds. The van der Waals surface area contributed by atoms with E-state index < -0.39 is 0 Å². The number of hydrogen-bond donors (Lipinski definition) is 3. The number of aromatic nitrogens is 2. The molecule has 1 aliphatic rings. The summed E-state index contributed by atoms with van der Waals surface area (Å²) in [6.45, 7) is 2.08. The first kappa shape index (κ1) is 12.0. The summed E-state index contributed by atoms with van der Waals surface area (Å²) in [4.78, 5) is 7.92. The molecule has 5 heteroatoms. The first-order chi connectivity index (χ1) is 10.2. The Hall–Kier alpha value is -2.82. The Morgan fingerprint density at radius 1 is 1.10 bits per heavy atom. The molecule has 5 nitrogen and oxygen atoms in total. The van der Waals surface area contributed by atoms with Gasteiger partial charge < -0.3 is 5.73 Å². The van der Waals surface area contributed by atoms with Crippen LogP contribution in [0.2, 0.25) is 0 Å². The highest BCUT2D eigenvalue weighted by atomic mass is 15.4. The predicted octanol–water partition coefficient (Wildman–Crippen LogP) is 2.05. The third-order valence-corrected chi connectivity index (χ3v) is 3.79. The predicted molar refractivity (Wildman–Crippen MR) is 83.1 cm³/mol. The molecule has 0 fully saturated rings. The quantitative estimate of drug-likeness (QED) is 0.596. The van der Waals surface area contributed by atoms with E-state index in [9.17, 15) is 0 Å². The highest BCUT2D eigenvalue weighted by Crippen LogP contribution is 2.23. The number of nitrogens with two attached hydrogens (primary N) is 1. The minimum atomic E-state index is -0.155. The second-order valence-corrected chi connectivity index (χ2v) is 5.28. The first-order valence-corrected chi connectivity index (χ1v) is 6.91. The van der Waals surface area contributed by atoms with Gasteiger partial charge in [0.15, 0.2) is 0 Å². The molecule has 2 heterocycles. The molecule has 1 aliphatic heterocycles. The van der Waals surface area contributed by atoms with Crippen LogP contribution in [0.1, 0.15) is 17.3 Å². The fraction of sp³-hybridized carbons (Fsp3) is 0.125. The van der Waals surface area contributed by atoms with E-state index in [1.54, 1.807) is 0 Å². The number of H-pyrrole nitrogens is 1. The van der Waals surface area contributed by atoms with E-state index in [1.165, 1.54) is 5.56 Å². The molecule has 4 N–H and O–H groups in total. The zero-order chi connectivity index (χ0) is 14.4. The van der Waals surface area contributed by atoms with Crippen LogP contribution < -0.4 is 15.6 Å². The maximum atomic E-state index is 5.93. The summed E-state index contributed by atoms with van der Waals surface area (Å²) in [5.74, 6) is 1.28. The number of aromatic amines is 1. The van der Waals surface area contributed by atoms with E-state index in [4.69, 9.17) is 5.73 Å². The third-order valence-electron chi connectivity index (χ3n) is 3.79. The Kier molecular flexibility index (Phi) is 2.47. The summed E-state index contributed by atoms with van der Waals surface area (Å²) in [7, 11) is 0. The van der Waals surface area contributed by atoms with Crippen molar-refractivity contribution in [3.8, 4) is 0 Å². The van der Waals surface area contributed by atoms with E-state index in [0.29, 0.717) is 5.96 Å². The summed E-state index contributed by atoms with van der Waals surface area (Å²) in [5, 5.41) is 3.10. The van der Waals surface area contributed by atoms with Crippen molar-refractivity contribution in [2.45, 2.75) is 13.1 Å². The Bertz CT molecular complexity index is 845. The lowest BCUT2D eigenvalue weighted by Crippen LogP contribution is -2.48. The second-order valence-electron chi connectivity index (χ2n) is 5.28. The van der Waals surface area contributed by atoms with Gasteiger partial charge in [0.2, 0.25) is 6.17 Å². The Balaban J connectivity index is 1.95. The molecule has 0 aliphatic carbocycles. The van der Waals surface area contributed by atoms with Crippen molar-refractivity contribution >= 4 is 22.9 Å². The summed E-state index contributed by atoms with van der Waals surface area (Å²) < 4.78 is 2.14. The number of nitrogens with zero attached hydrogens (tertiary/aromatic N) is 2. The number of guanidine groups is 1. The molecule has 3 aromatic rings. The van der Waals surface area contributed by atoms with E-state index >= 15 is 0 Å². The van der Waals surface area contributed by atoms with Crippen LogP contribution in [-0.2, 0) is 0 Å². The largest absolute Gasteiger partial charge is 0.365 e. The van der Waals surface area contributed by atoms with Gasteiger partial charge in [-0.2, -0.15) is 4.99 Å². The average molecular weight is 278 g/mol. The van der Waals surface area contributed by atoms with Gasteiger partial charge in [-0.3, -0.25) is 0 Å². The summed E-state index contributed by atoms with van der Waals surface area (Å²) >= 11 is 0. The lowest BCUT2D eigenvalue weighted by molar-refractivity contribution is -0.674. The van der Waals surface area contributed by atoms with E-state index in [0.717, 1.165) is 22.5 Å². The highest BCUT2D eigenvalue weighted by Gasteiger charge is 2.30. The molecule has 1 aromatic heterocycles. The zero-order valence-corrected chi connectivity index (χ0v) is 11.7. The van der Waals surface area contributed by atoms with Crippen LogP contribution in [0.15, 0.2) is 53.5 Å². The fourth-order valence-corrected chi connectivity index (χ4v) is 2.75. The van der Waals surface area contributed by atoms with Gasteiger partial charge in [-0.05, 0) is 19.1 Å². The van der Waals surface area contributed by atoms with Crippen LogP contribution in [0.5, 0.6) is 0 Å². The van der Waals surface area contributed by atoms with Crippen LogP contribution >= 0.6 is 0 Å². The van der Waals surface area contributed by atoms with E-state index in [1.807, 2.05) is 18.2 Å². The highest BCUT2D eigenvalue weighted by molar-refractivity contribution is 5.92. The number of rotatable bonds is 1. The maximum absolute atomic E-state index is 5.93. The number of fused-ring (bicyclic) bond motifs is 3. The van der Waals surface area contributed by atoms with Crippen molar-refractivity contribution in [1.29, 1.82) is 0 Å². The van der Waals surface area contributed by atoms with Crippen molar-refractivity contribution in [2.75, 3.05) is 5.32 Å². The molecule has 0 bridgehead atoms. The van der Waals surface area contributed by atoms with Crippen molar-refractivity contribution in [3.05, 3.63) is 59.7 Å². The van der Waals surface area contributed by atoms with Crippen LogP contribution in [0.4, 0.5) is 5.95 Å². The molecule has 21 heavy (non-hydrogen) atoms. The van der Waals surface area contributed by atoms with Gasteiger partial charge in [0.1, 0.15) is 11.0 Å². The molecule has 1 unspecified atom stereocenters. The smallest absolute Gasteiger partial charge is 0.357 e. The molecular weight excluding hydrogens is 262 g/mol. The Labute approximate surface area is 122 Å². The number of para-hydroxylation sites is 2. The second kappa shape index (κ2) is 4.34. The van der Waals surface area contributed by atoms with Gasteiger partial charge in [-0.25, -0.2) is 14.9 Å². The van der Waals surface area contributed by atoms with Gasteiger partial charge in [0.05, 0.1) is 0 Å². The molecule has 0 saturated heterocycles. The average Bonchev–Trinajstić information content (AvgIpc) is 2.85. The number of hydrogen-bond acceptors (Lipinski definition) is 3. The molecule has 2 aromatic carbocycles. The molecule has 0 spiro atoms. The molecular formula is C16H16N5+. The van der Waals surface area contributed by atoms with Gasteiger partial charge >= 0.3 is 5.95 Å². The first-order valence-electron chi connectivity index (χ1n) is 6.91. The van der Waals surface area contributed by atoms with Crippen molar-refractivity contribution in [1.82, 2.24) is 4.98 Å². The van der Waals surface area contributed by atoms with E-state index in [-0.39, 0.29) is 6.17 Å². The Morgan fingerprint density at radius 2 is 1.86 bits per heavy atom. The number of benzene rings is 2. The van der Waals surface area contributed by atoms with Crippen molar-refractivity contribution in [3.63, 3.8) is 0 Å². The number of imidazole rings is 1. The van der Waals surface area contributed by atoms with E-state index in [2.05, 4.69) is 57.1 Å². The van der Waals surface area contributed by atoms with Crippen LogP contribution in [0, 0.1) is 6.92 Å². The molecule has 1 atom stereocenters. The van der Waals surface area contributed by atoms with Crippen molar-refractivity contribution in [2.24, 2.45) is 10.7 Å². The molecule has 0 saturated carbocycles. The monoisotopic (exact) mass is 278 g/mol. The number of nitrogens with one attached hydrogen (secondary N) is 2. The lowest BCUT2D eigenvalue weighted by Gasteiger charge is -2.18. The molecule has 4 rings (SSSR count). The lowest BCUT2D eigenvalue weighted by atomic mass is 10.1. The van der Waals surface area contributed by atoms with Gasteiger partial charge in [-0.1, -0.05) is 42.0 Å². The Morgan fingerprint density at radius 3 is 2.67 bits per heavy atom. The standard InChI is InChI=1S/C16H15N5/c1-10-6-8-11(9-7-10)14-19-15(17)20-16-18-12-4-2-3-5-13(12)21(14)16/h2-9,14H,1H3,(H3,17,18,19,20)/p+1. The maximum Gasteiger partial charge on any atom is 0.365 e. The number of aliphatic imine (C=N–C) groups is 1. The summed E-state index contributed by atoms with van der Waals surface area (Å²) in [6.07, 6.45) is -0.155. The molecule has 0 radical (unpaired) electrons. The molecule has 104 valence electrons. The van der Waals surface area contributed by atoms with Gasteiger partial charge in [0.25, 0.3) is 5.96 Å². The topological polar surface area (TPSA) is 70.1 Å². The minimum Gasteiger partial charge on any atom is -0.357 e. The summed E-state index contributed by atoms with van der Waals surface area (Å²) in [6, 6.07) is 16.5. The fourth-order valence-electron chi connectivity index (χ4n) is 2.75. The number of aryl methyl sites for hydroxylation is 1. The zero-order valence-electron chi connectivity index (χ0n) is 11.7. The van der Waals surface area contributed by atoms with Crippen LogP contribution in [0.3, 0.4) is 0 Å². The van der Waals surface area contributed by atoms with Gasteiger partial charge in [0, 0.05) is 5.56 Å². The SMILES string of the molecule is Cc1ccc(C2N=C(N)Nc3[nH]c4ccccc4[n+]32)cc1. The third kappa shape index (κ3) is 1.86. The van der Waals surface area contributed by atoms with Gasteiger partial charge in [-0.15, -0.1) is 0 Å². The van der Waals surface area contributed by atoms with Crippen molar-refractivity contribution < 1.29 is 4.57 Å². The number of anilines is 1. The van der Waals surface area contributed by atoms with Crippen LogP contribution in [0.25, 0.3) is 11.0 Å². The normalized spacial score (nSPS) is 17.2.